The molecule has 0 N–H and O–H groups in total. The third-order valence-electron chi connectivity index (χ3n) is 3.15. The lowest BCUT2D eigenvalue weighted by Gasteiger charge is -2.28. The van der Waals surface area contributed by atoms with Gasteiger partial charge in [0.15, 0.2) is 0 Å². The van der Waals surface area contributed by atoms with Crippen molar-refractivity contribution in [3.8, 4) is 0 Å². The third kappa shape index (κ3) is 4.64. The van der Waals surface area contributed by atoms with Crippen LogP contribution in [0.1, 0.15) is 33.6 Å². The summed E-state index contributed by atoms with van der Waals surface area (Å²) in [6.45, 7) is 6.11. The van der Waals surface area contributed by atoms with E-state index in [1.54, 1.807) is 4.90 Å². The third-order valence-corrected chi connectivity index (χ3v) is 4.65. The molecule has 1 aliphatic rings. The van der Waals surface area contributed by atoms with Crippen LogP contribution in [0.2, 0.25) is 5.02 Å². The molecule has 22 heavy (non-hydrogen) atoms. The van der Waals surface area contributed by atoms with E-state index >= 15 is 0 Å². The van der Waals surface area contributed by atoms with Crippen LogP contribution < -0.4 is 0 Å². The zero-order valence-corrected chi connectivity index (χ0v) is 14.5. The van der Waals surface area contributed by atoms with Gasteiger partial charge < -0.3 is 9.64 Å². The first-order valence-electron chi connectivity index (χ1n) is 7.12. The summed E-state index contributed by atoms with van der Waals surface area (Å²) >= 11 is 5.72. The Bertz CT molecular complexity index is 559. The van der Waals surface area contributed by atoms with Gasteiger partial charge in [0.25, 0.3) is 0 Å². The maximum atomic E-state index is 12.3. The highest BCUT2D eigenvalue weighted by Crippen LogP contribution is 2.22. The molecule has 0 radical (unpaired) electrons. The van der Waals surface area contributed by atoms with Crippen molar-refractivity contribution in [1.82, 2.24) is 14.9 Å². The Kier molecular flexibility index (Phi) is 5.39. The quantitative estimate of drug-likeness (QED) is 0.787. The highest BCUT2D eigenvalue weighted by Gasteiger charge is 2.33. The molecule has 1 aromatic heterocycles. The topological polar surface area (TPSA) is 72.4 Å². The van der Waals surface area contributed by atoms with Crippen LogP contribution in [0.5, 0.6) is 0 Å². The van der Waals surface area contributed by atoms with Gasteiger partial charge >= 0.3 is 6.09 Å². The van der Waals surface area contributed by atoms with Crippen LogP contribution >= 0.6 is 11.6 Å². The summed E-state index contributed by atoms with van der Waals surface area (Å²) in [5.41, 5.74) is -0.539. The number of hydrogen-bond donors (Lipinski definition) is 0. The van der Waals surface area contributed by atoms with E-state index in [0.29, 0.717) is 17.3 Å². The van der Waals surface area contributed by atoms with Crippen molar-refractivity contribution >= 4 is 28.5 Å². The van der Waals surface area contributed by atoms with E-state index in [0.717, 1.165) is 12.8 Å². The first kappa shape index (κ1) is 17.1. The molecule has 122 valence electrons. The standard InChI is InChI=1S/C14H20ClN3O3S/c1-14(2,3)21-13(19)18-6-4-5-11(18)9-22(20)12-16-7-10(15)8-17-12/h7-8,11H,4-6,9H2,1-3H3/t11-,22-/m0/s1. The van der Waals surface area contributed by atoms with Gasteiger partial charge in [-0.3, -0.25) is 4.21 Å². The Morgan fingerprint density at radius 3 is 2.68 bits per heavy atom. The molecule has 8 heteroatoms. The summed E-state index contributed by atoms with van der Waals surface area (Å²) in [5.74, 6) is 0.306. The van der Waals surface area contributed by atoms with Gasteiger partial charge in [0.2, 0.25) is 5.16 Å². The molecular formula is C14H20ClN3O3S. The summed E-state index contributed by atoms with van der Waals surface area (Å²) in [6, 6.07) is -0.116. The lowest BCUT2D eigenvalue weighted by Crippen LogP contribution is -2.42. The SMILES string of the molecule is CC(C)(C)OC(=O)N1CCC[C@H]1C[S@](=O)c1ncc(Cl)cn1. The highest BCUT2D eigenvalue weighted by molar-refractivity contribution is 7.84. The first-order chi connectivity index (χ1) is 10.3. The van der Waals surface area contributed by atoms with Crippen molar-refractivity contribution < 1.29 is 13.7 Å². The van der Waals surface area contributed by atoms with E-state index in [4.69, 9.17) is 16.3 Å². The summed E-state index contributed by atoms with van der Waals surface area (Å²) < 4.78 is 17.7. The number of likely N-dealkylation sites (tertiary alicyclic amines) is 1. The number of aromatic nitrogens is 2. The molecule has 1 aromatic rings. The minimum absolute atomic E-state index is 0.116. The van der Waals surface area contributed by atoms with E-state index < -0.39 is 16.4 Å². The Hall–Kier alpha value is -1.21. The largest absolute Gasteiger partial charge is 0.444 e. The molecule has 2 atom stereocenters. The Morgan fingerprint density at radius 1 is 1.45 bits per heavy atom. The molecule has 2 rings (SSSR count). The summed E-state index contributed by atoms with van der Waals surface area (Å²) in [4.78, 5) is 21.8. The lowest BCUT2D eigenvalue weighted by atomic mass is 10.2. The van der Waals surface area contributed by atoms with Crippen LogP contribution in [0, 0.1) is 0 Å². The first-order valence-corrected chi connectivity index (χ1v) is 8.81. The van der Waals surface area contributed by atoms with Crippen molar-refractivity contribution in [3.63, 3.8) is 0 Å². The number of nitrogens with zero attached hydrogens (tertiary/aromatic N) is 3. The molecule has 1 fully saturated rings. The fourth-order valence-electron chi connectivity index (χ4n) is 2.24. The fourth-order valence-corrected chi connectivity index (χ4v) is 3.52. The molecule has 0 bridgehead atoms. The second-order valence-electron chi connectivity index (χ2n) is 6.17. The average Bonchev–Trinajstić information content (AvgIpc) is 2.85. The minimum atomic E-state index is -1.37. The van der Waals surface area contributed by atoms with Gasteiger partial charge in [-0.05, 0) is 33.6 Å². The maximum absolute atomic E-state index is 12.3. The number of ether oxygens (including phenoxy) is 1. The van der Waals surface area contributed by atoms with Crippen molar-refractivity contribution in [2.24, 2.45) is 0 Å². The molecule has 0 aromatic carbocycles. The van der Waals surface area contributed by atoms with Gasteiger partial charge in [-0.1, -0.05) is 11.6 Å². The molecule has 1 saturated heterocycles. The van der Waals surface area contributed by atoms with Crippen LogP contribution in [0.15, 0.2) is 17.6 Å². The Labute approximate surface area is 137 Å². The average molecular weight is 346 g/mol. The van der Waals surface area contributed by atoms with Gasteiger partial charge in [0.05, 0.1) is 34.0 Å². The van der Waals surface area contributed by atoms with Crippen LogP contribution in [0.4, 0.5) is 4.79 Å². The van der Waals surface area contributed by atoms with Crippen molar-refractivity contribution in [1.29, 1.82) is 0 Å². The monoisotopic (exact) mass is 345 g/mol. The highest BCUT2D eigenvalue weighted by atomic mass is 35.5. The molecular weight excluding hydrogens is 326 g/mol. The number of amides is 1. The molecule has 0 unspecified atom stereocenters. The van der Waals surface area contributed by atoms with E-state index in [9.17, 15) is 9.00 Å². The van der Waals surface area contributed by atoms with Crippen molar-refractivity contribution in [3.05, 3.63) is 17.4 Å². The second kappa shape index (κ2) is 6.91. The normalized spacial score (nSPS) is 20.0. The van der Waals surface area contributed by atoms with E-state index in [1.807, 2.05) is 20.8 Å². The van der Waals surface area contributed by atoms with Crippen LogP contribution in [-0.2, 0) is 15.5 Å². The Balaban J connectivity index is 2.00. The van der Waals surface area contributed by atoms with E-state index in [-0.39, 0.29) is 17.3 Å². The molecule has 1 amide bonds. The summed E-state index contributed by atoms with van der Waals surface area (Å²) in [5, 5.41) is 0.637. The van der Waals surface area contributed by atoms with Crippen molar-refractivity contribution in [2.45, 2.75) is 50.4 Å². The molecule has 0 saturated carbocycles. The lowest BCUT2D eigenvalue weighted by molar-refractivity contribution is 0.0241. The zero-order chi connectivity index (χ0) is 16.3. The molecule has 0 aliphatic carbocycles. The van der Waals surface area contributed by atoms with Gasteiger partial charge in [-0.2, -0.15) is 0 Å². The smallest absolute Gasteiger partial charge is 0.410 e. The van der Waals surface area contributed by atoms with Gasteiger partial charge in [-0.15, -0.1) is 0 Å². The molecule has 0 spiro atoms. The van der Waals surface area contributed by atoms with E-state index in [1.165, 1.54) is 12.4 Å². The van der Waals surface area contributed by atoms with Crippen LogP contribution in [0.25, 0.3) is 0 Å². The molecule has 2 heterocycles. The summed E-state index contributed by atoms with van der Waals surface area (Å²) in [7, 11) is -1.37. The predicted molar refractivity (Wildman–Crippen MR) is 84.3 cm³/mol. The second-order valence-corrected chi connectivity index (χ2v) is 7.99. The predicted octanol–water partition coefficient (Wildman–Crippen LogP) is 2.64. The maximum Gasteiger partial charge on any atom is 0.410 e. The molecule has 6 nitrogen and oxygen atoms in total. The van der Waals surface area contributed by atoms with Crippen LogP contribution in [0.3, 0.4) is 0 Å². The molecule has 1 aliphatic heterocycles. The fraction of sp³-hybridized carbons (Fsp3) is 0.643. The zero-order valence-electron chi connectivity index (χ0n) is 12.9. The van der Waals surface area contributed by atoms with E-state index in [2.05, 4.69) is 9.97 Å². The minimum Gasteiger partial charge on any atom is -0.444 e. The van der Waals surface area contributed by atoms with Gasteiger partial charge in [-0.25, -0.2) is 14.8 Å². The number of carbonyl (C=O) groups excluding carboxylic acids is 1. The number of carbonyl (C=O) groups is 1. The van der Waals surface area contributed by atoms with Crippen LogP contribution in [-0.4, -0.2) is 49.1 Å². The number of rotatable bonds is 3. The van der Waals surface area contributed by atoms with Gasteiger partial charge in [0.1, 0.15) is 5.60 Å². The van der Waals surface area contributed by atoms with Gasteiger partial charge in [0, 0.05) is 12.6 Å². The number of hydrogen-bond acceptors (Lipinski definition) is 5. The Morgan fingerprint density at radius 2 is 2.09 bits per heavy atom. The summed E-state index contributed by atoms with van der Waals surface area (Å²) in [6.07, 6.45) is 4.16. The van der Waals surface area contributed by atoms with Crippen molar-refractivity contribution in [2.75, 3.05) is 12.3 Å². The number of halogens is 1.